The normalized spacial score (nSPS) is 24.9. The summed E-state index contributed by atoms with van der Waals surface area (Å²) in [6.45, 7) is 0. The molecule has 0 bridgehead atoms. The quantitative estimate of drug-likeness (QED) is 0.725. The molecule has 1 amide bonds. The third kappa shape index (κ3) is 3.08. The maximum Gasteiger partial charge on any atom is 0.247 e. The molecule has 0 saturated heterocycles. The van der Waals surface area contributed by atoms with Crippen LogP contribution >= 0.6 is 15.9 Å². The number of carbonyl (C=O) groups excluding carboxylic acids is 1. The number of nitrogens with two attached hydrogens (primary N) is 1. The van der Waals surface area contributed by atoms with E-state index in [1.165, 1.54) is 6.08 Å². The molecule has 1 aromatic rings. The van der Waals surface area contributed by atoms with E-state index in [1.54, 1.807) is 20.3 Å². The predicted octanol–water partition coefficient (Wildman–Crippen LogP) is 2.77. The van der Waals surface area contributed by atoms with Crippen molar-refractivity contribution < 1.29 is 19.0 Å². The molecule has 0 aromatic heterocycles. The van der Waals surface area contributed by atoms with E-state index in [9.17, 15) is 10.1 Å². The minimum absolute atomic E-state index is 0.0807. The number of rotatable bonds is 3. The molecule has 8 heteroatoms. The lowest BCUT2D eigenvalue weighted by Crippen LogP contribution is -2.42. The second-order valence-electron chi connectivity index (χ2n) is 6.76. The average molecular weight is 456 g/mol. The van der Waals surface area contributed by atoms with Crippen LogP contribution in [0.1, 0.15) is 11.5 Å². The molecule has 4 rings (SSSR count). The van der Waals surface area contributed by atoms with Crippen molar-refractivity contribution in [2.75, 3.05) is 14.2 Å². The highest BCUT2D eigenvalue weighted by Crippen LogP contribution is 2.48. The number of nitrogens with one attached hydrogen (secondary N) is 1. The number of fused-ring (bicyclic) bond motifs is 3. The molecule has 0 saturated carbocycles. The first-order valence-electron chi connectivity index (χ1n) is 8.87. The number of ether oxygens (including phenoxy) is 3. The van der Waals surface area contributed by atoms with Gasteiger partial charge < -0.3 is 25.3 Å². The summed E-state index contributed by atoms with van der Waals surface area (Å²) in [5, 5.41) is 12.6. The number of hydrogen-bond acceptors (Lipinski definition) is 6. The standard InChI is InChI=1S/C21H18BrN3O4/c1-27-16-8-10(7-14(22)20(16)28-2)18-12-3-5-15-11(4-6-17(26)25-15)19(12)29-21(24)13(18)9-23/h3-8,11,18-19H,24H2,1-2H3,(H,25,26). The zero-order valence-electron chi connectivity index (χ0n) is 15.7. The van der Waals surface area contributed by atoms with Crippen molar-refractivity contribution in [2.24, 2.45) is 11.7 Å². The maximum atomic E-state index is 11.7. The number of nitriles is 1. The molecular formula is C21H18BrN3O4. The number of methoxy groups -OCH3 is 2. The van der Waals surface area contributed by atoms with Crippen LogP contribution in [0.5, 0.6) is 11.5 Å². The Morgan fingerprint density at radius 1 is 1.28 bits per heavy atom. The summed E-state index contributed by atoms with van der Waals surface area (Å²) in [6, 6.07) is 5.91. The Labute approximate surface area is 176 Å². The van der Waals surface area contributed by atoms with Crippen LogP contribution in [0.25, 0.3) is 0 Å². The second kappa shape index (κ2) is 7.33. The van der Waals surface area contributed by atoms with Gasteiger partial charge in [0.1, 0.15) is 17.7 Å². The second-order valence-corrected chi connectivity index (χ2v) is 7.62. The van der Waals surface area contributed by atoms with Gasteiger partial charge in [-0.15, -0.1) is 0 Å². The number of carbonyl (C=O) groups is 1. The Balaban J connectivity index is 1.88. The molecular weight excluding hydrogens is 438 g/mol. The van der Waals surface area contributed by atoms with E-state index in [0.29, 0.717) is 21.5 Å². The summed E-state index contributed by atoms with van der Waals surface area (Å²) < 4.78 is 17.5. The molecule has 3 atom stereocenters. The molecule has 29 heavy (non-hydrogen) atoms. The molecule has 0 radical (unpaired) electrons. The summed E-state index contributed by atoms with van der Waals surface area (Å²) in [4.78, 5) is 11.7. The van der Waals surface area contributed by atoms with Gasteiger partial charge in [0.15, 0.2) is 17.4 Å². The van der Waals surface area contributed by atoms with Crippen LogP contribution in [-0.4, -0.2) is 26.2 Å². The first-order chi connectivity index (χ1) is 14.0. The Bertz CT molecular complexity index is 1060. The minimum Gasteiger partial charge on any atom is -0.493 e. The van der Waals surface area contributed by atoms with Gasteiger partial charge in [0.25, 0.3) is 0 Å². The van der Waals surface area contributed by atoms with Crippen LogP contribution < -0.4 is 20.5 Å². The van der Waals surface area contributed by atoms with Gasteiger partial charge in [-0.1, -0.05) is 12.2 Å². The lowest BCUT2D eigenvalue weighted by Gasteiger charge is -2.40. The van der Waals surface area contributed by atoms with Crippen molar-refractivity contribution in [3.8, 4) is 17.6 Å². The molecule has 3 N–H and O–H groups in total. The summed E-state index contributed by atoms with van der Waals surface area (Å²) in [7, 11) is 3.12. The fraction of sp³-hybridized carbons (Fsp3) is 0.238. The fourth-order valence-electron chi connectivity index (χ4n) is 3.96. The molecule has 148 valence electrons. The van der Waals surface area contributed by atoms with Gasteiger partial charge in [-0.25, -0.2) is 0 Å². The molecule has 0 spiro atoms. The average Bonchev–Trinajstić information content (AvgIpc) is 2.71. The van der Waals surface area contributed by atoms with Crippen LogP contribution in [0.3, 0.4) is 0 Å². The van der Waals surface area contributed by atoms with Crippen molar-refractivity contribution in [3.63, 3.8) is 0 Å². The van der Waals surface area contributed by atoms with E-state index in [0.717, 1.165) is 16.8 Å². The summed E-state index contributed by atoms with van der Waals surface area (Å²) in [5.74, 6) is 0.386. The smallest absolute Gasteiger partial charge is 0.247 e. The topological polar surface area (TPSA) is 107 Å². The van der Waals surface area contributed by atoms with Crippen molar-refractivity contribution >= 4 is 21.8 Å². The predicted molar refractivity (Wildman–Crippen MR) is 109 cm³/mol. The Kier molecular flexibility index (Phi) is 4.84. The van der Waals surface area contributed by atoms with E-state index in [-0.39, 0.29) is 17.7 Å². The number of halogens is 1. The largest absolute Gasteiger partial charge is 0.493 e. The van der Waals surface area contributed by atoms with Crippen molar-refractivity contribution in [1.82, 2.24) is 5.32 Å². The van der Waals surface area contributed by atoms with Crippen LogP contribution in [0, 0.1) is 17.2 Å². The van der Waals surface area contributed by atoms with Crippen molar-refractivity contribution in [3.05, 3.63) is 69.2 Å². The van der Waals surface area contributed by atoms with Gasteiger partial charge in [-0.05, 0) is 45.3 Å². The van der Waals surface area contributed by atoms with Gasteiger partial charge in [-0.2, -0.15) is 5.26 Å². The lowest BCUT2D eigenvalue weighted by molar-refractivity contribution is -0.116. The first kappa shape index (κ1) is 19.2. The maximum absolute atomic E-state index is 11.7. The van der Waals surface area contributed by atoms with Gasteiger partial charge in [-0.3, -0.25) is 4.79 Å². The van der Waals surface area contributed by atoms with Gasteiger partial charge in [0.05, 0.1) is 24.6 Å². The van der Waals surface area contributed by atoms with Crippen LogP contribution in [-0.2, 0) is 9.53 Å². The monoisotopic (exact) mass is 455 g/mol. The molecule has 1 aliphatic carbocycles. The highest BCUT2D eigenvalue weighted by molar-refractivity contribution is 9.10. The Morgan fingerprint density at radius 3 is 2.76 bits per heavy atom. The summed E-state index contributed by atoms with van der Waals surface area (Å²) in [6.07, 6.45) is 6.58. The van der Waals surface area contributed by atoms with Crippen molar-refractivity contribution in [2.45, 2.75) is 12.0 Å². The third-order valence-electron chi connectivity index (χ3n) is 5.24. The van der Waals surface area contributed by atoms with E-state index in [4.69, 9.17) is 19.9 Å². The van der Waals surface area contributed by atoms with E-state index in [1.807, 2.05) is 24.3 Å². The third-order valence-corrected chi connectivity index (χ3v) is 5.83. The molecule has 2 aliphatic heterocycles. The van der Waals surface area contributed by atoms with Gasteiger partial charge in [0, 0.05) is 17.7 Å². The van der Waals surface area contributed by atoms with Crippen molar-refractivity contribution in [1.29, 1.82) is 5.26 Å². The zero-order valence-corrected chi connectivity index (χ0v) is 17.3. The number of hydrogen-bond donors (Lipinski definition) is 2. The van der Waals surface area contributed by atoms with Crippen LogP contribution in [0.15, 0.2) is 63.6 Å². The van der Waals surface area contributed by atoms with E-state index < -0.39 is 12.0 Å². The first-order valence-corrected chi connectivity index (χ1v) is 9.66. The Morgan fingerprint density at radius 2 is 2.07 bits per heavy atom. The van der Waals surface area contributed by atoms with Crippen LogP contribution in [0.4, 0.5) is 0 Å². The van der Waals surface area contributed by atoms with Crippen LogP contribution in [0.2, 0.25) is 0 Å². The van der Waals surface area contributed by atoms with Gasteiger partial charge in [0.2, 0.25) is 5.91 Å². The highest BCUT2D eigenvalue weighted by atomic mass is 79.9. The zero-order chi connectivity index (χ0) is 20.7. The number of nitrogens with zero attached hydrogens (tertiary/aromatic N) is 1. The van der Waals surface area contributed by atoms with E-state index in [2.05, 4.69) is 27.3 Å². The Hall–Kier alpha value is -3.18. The van der Waals surface area contributed by atoms with E-state index >= 15 is 0 Å². The summed E-state index contributed by atoms with van der Waals surface area (Å²) in [5.41, 5.74) is 8.91. The minimum atomic E-state index is -0.430. The number of allylic oxidation sites excluding steroid dienone is 3. The molecule has 1 aromatic carbocycles. The molecule has 7 nitrogen and oxygen atoms in total. The highest BCUT2D eigenvalue weighted by Gasteiger charge is 2.43. The summed E-state index contributed by atoms with van der Waals surface area (Å²) >= 11 is 3.52. The SMILES string of the molecule is COc1cc(C2C3=CC=C4NC(=O)C=CC4C3OC(N)=C2C#N)cc(Br)c1OC. The lowest BCUT2D eigenvalue weighted by atomic mass is 9.74. The number of benzene rings is 1. The number of amides is 1. The fourth-order valence-corrected chi connectivity index (χ4v) is 4.58. The van der Waals surface area contributed by atoms with Gasteiger partial charge >= 0.3 is 0 Å². The molecule has 0 fully saturated rings. The molecule has 3 unspecified atom stereocenters. The molecule has 3 aliphatic rings. The molecule has 2 heterocycles.